The van der Waals surface area contributed by atoms with Crippen molar-refractivity contribution in [3.8, 4) is 0 Å². The molecule has 0 saturated heterocycles. The molecule has 1 aromatic carbocycles. The number of H-pyrrole nitrogens is 1. The number of carbonyl (C=O) groups excluding carboxylic acids is 2. The SMILES string of the molecule is Cl.NC(=O)Nc1ccc(CNC(=O)c2n[nH]c3c2CNCC3)cc1. The highest BCUT2D eigenvalue weighted by atomic mass is 35.5. The van der Waals surface area contributed by atoms with E-state index in [1.807, 2.05) is 12.1 Å². The number of halogens is 1. The number of benzene rings is 1. The maximum Gasteiger partial charge on any atom is 0.316 e. The minimum absolute atomic E-state index is 0. The molecule has 3 amide bonds. The summed E-state index contributed by atoms with van der Waals surface area (Å²) in [6.45, 7) is 1.93. The fourth-order valence-electron chi connectivity index (χ4n) is 2.53. The minimum atomic E-state index is -0.608. The van der Waals surface area contributed by atoms with Crippen LogP contribution in [0, 0.1) is 0 Å². The number of anilines is 1. The van der Waals surface area contributed by atoms with Crippen LogP contribution in [0.3, 0.4) is 0 Å². The molecule has 0 bridgehead atoms. The number of urea groups is 1. The van der Waals surface area contributed by atoms with Crippen molar-refractivity contribution in [3.05, 3.63) is 46.8 Å². The number of carbonyl (C=O) groups is 2. The van der Waals surface area contributed by atoms with E-state index >= 15 is 0 Å². The summed E-state index contributed by atoms with van der Waals surface area (Å²) >= 11 is 0. The van der Waals surface area contributed by atoms with Crippen molar-refractivity contribution >= 4 is 30.0 Å². The number of hydrogen-bond acceptors (Lipinski definition) is 4. The third kappa shape index (κ3) is 4.03. The normalized spacial score (nSPS) is 12.7. The van der Waals surface area contributed by atoms with Crippen LogP contribution < -0.4 is 21.7 Å². The van der Waals surface area contributed by atoms with E-state index in [0.717, 1.165) is 29.8 Å². The lowest BCUT2D eigenvalue weighted by atomic mass is 10.1. The van der Waals surface area contributed by atoms with E-state index in [4.69, 9.17) is 5.73 Å². The van der Waals surface area contributed by atoms with Gasteiger partial charge < -0.3 is 21.7 Å². The predicted molar refractivity (Wildman–Crippen MR) is 92.1 cm³/mol. The van der Waals surface area contributed by atoms with Crippen LogP contribution in [0.5, 0.6) is 0 Å². The van der Waals surface area contributed by atoms with E-state index in [1.165, 1.54) is 0 Å². The Labute approximate surface area is 145 Å². The molecule has 0 radical (unpaired) electrons. The molecular weight excluding hydrogens is 332 g/mol. The van der Waals surface area contributed by atoms with E-state index in [-0.39, 0.29) is 18.3 Å². The Kier molecular flexibility index (Phi) is 5.78. The molecule has 0 unspecified atom stereocenters. The van der Waals surface area contributed by atoms with Gasteiger partial charge in [0, 0.05) is 43.0 Å². The first-order chi connectivity index (χ1) is 11.1. The Bertz CT molecular complexity index is 728. The zero-order valence-electron chi connectivity index (χ0n) is 12.9. The number of rotatable bonds is 4. The summed E-state index contributed by atoms with van der Waals surface area (Å²) in [7, 11) is 0. The van der Waals surface area contributed by atoms with Crippen LogP contribution >= 0.6 is 12.4 Å². The van der Waals surface area contributed by atoms with Gasteiger partial charge in [0.25, 0.3) is 5.91 Å². The molecule has 0 aliphatic carbocycles. The quantitative estimate of drug-likeness (QED) is 0.561. The Hall–Kier alpha value is -2.58. The predicted octanol–water partition coefficient (Wildman–Crippen LogP) is 0.898. The molecule has 128 valence electrons. The maximum atomic E-state index is 12.3. The van der Waals surface area contributed by atoms with E-state index in [2.05, 4.69) is 26.1 Å². The van der Waals surface area contributed by atoms with Gasteiger partial charge in [0.05, 0.1) is 0 Å². The summed E-state index contributed by atoms with van der Waals surface area (Å²) in [6.07, 6.45) is 0.851. The van der Waals surface area contributed by atoms with Crippen LogP contribution in [0.2, 0.25) is 0 Å². The van der Waals surface area contributed by atoms with Crippen LogP contribution in [-0.4, -0.2) is 28.7 Å². The fraction of sp³-hybridized carbons (Fsp3) is 0.267. The number of primary amides is 1. The number of nitrogens with zero attached hydrogens (tertiary/aromatic N) is 1. The monoisotopic (exact) mass is 350 g/mol. The van der Waals surface area contributed by atoms with Crippen molar-refractivity contribution in [1.29, 1.82) is 0 Å². The summed E-state index contributed by atoms with van der Waals surface area (Å²) < 4.78 is 0. The zero-order valence-corrected chi connectivity index (χ0v) is 13.7. The van der Waals surface area contributed by atoms with Crippen LogP contribution in [0.4, 0.5) is 10.5 Å². The third-order valence-electron chi connectivity index (χ3n) is 3.70. The Balaban J connectivity index is 0.00000208. The van der Waals surface area contributed by atoms with Crippen molar-refractivity contribution in [3.63, 3.8) is 0 Å². The van der Waals surface area contributed by atoms with Crippen LogP contribution in [0.25, 0.3) is 0 Å². The lowest BCUT2D eigenvalue weighted by molar-refractivity contribution is 0.0944. The highest BCUT2D eigenvalue weighted by Gasteiger charge is 2.21. The molecule has 0 spiro atoms. The van der Waals surface area contributed by atoms with Gasteiger partial charge >= 0.3 is 6.03 Å². The molecule has 1 aliphatic heterocycles. The Morgan fingerprint density at radius 3 is 2.71 bits per heavy atom. The summed E-state index contributed by atoms with van der Waals surface area (Å²) in [5.74, 6) is -0.203. The van der Waals surface area contributed by atoms with Gasteiger partial charge in [-0.15, -0.1) is 12.4 Å². The van der Waals surface area contributed by atoms with Crippen LogP contribution in [0.1, 0.15) is 27.3 Å². The van der Waals surface area contributed by atoms with E-state index < -0.39 is 6.03 Å². The Morgan fingerprint density at radius 1 is 1.25 bits per heavy atom. The first kappa shape index (κ1) is 17.8. The molecule has 6 N–H and O–H groups in total. The van der Waals surface area contributed by atoms with Crippen molar-refractivity contribution in [2.24, 2.45) is 5.73 Å². The lowest BCUT2D eigenvalue weighted by Gasteiger charge is -2.13. The summed E-state index contributed by atoms with van der Waals surface area (Å²) in [5.41, 5.74) is 8.98. The van der Waals surface area contributed by atoms with Crippen LogP contribution in [0.15, 0.2) is 24.3 Å². The van der Waals surface area contributed by atoms with Gasteiger partial charge in [-0.05, 0) is 17.7 Å². The second kappa shape index (κ2) is 7.80. The largest absolute Gasteiger partial charge is 0.351 e. The molecule has 3 rings (SSSR count). The molecule has 9 heteroatoms. The maximum absolute atomic E-state index is 12.3. The lowest BCUT2D eigenvalue weighted by Crippen LogP contribution is -2.28. The molecule has 1 aliphatic rings. The topological polar surface area (TPSA) is 125 Å². The molecule has 0 saturated carbocycles. The summed E-state index contributed by atoms with van der Waals surface area (Å²) in [4.78, 5) is 23.0. The highest BCUT2D eigenvalue weighted by molar-refractivity contribution is 5.94. The van der Waals surface area contributed by atoms with Crippen molar-refractivity contribution < 1.29 is 9.59 Å². The number of fused-ring (bicyclic) bond motifs is 1. The second-order valence-corrected chi connectivity index (χ2v) is 5.32. The minimum Gasteiger partial charge on any atom is -0.351 e. The molecule has 24 heavy (non-hydrogen) atoms. The Morgan fingerprint density at radius 2 is 2.00 bits per heavy atom. The molecule has 2 aromatic rings. The molecule has 8 nitrogen and oxygen atoms in total. The number of nitrogens with one attached hydrogen (secondary N) is 4. The highest BCUT2D eigenvalue weighted by Crippen LogP contribution is 2.15. The second-order valence-electron chi connectivity index (χ2n) is 5.32. The number of aromatic amines is 1. The molecular formula is C15H19ClN6O2. The van der Waals surface area contributed by atoms with Gasteiger partial charge in [0.1, 0.15) is 0 Å². The molecule has 0 fully saturated rings. The number of hydrogen-bond donors (Lipinski definition) is 5. The van der Waals surface area contributed by atoms with E-state index in [1.54, 1.807) is 12.1 Å². The molecule has 1 aromatic heterocycles. The van der Waals surface area contributed by atoms with Gasteiger partial charge in [0.15, 0.2) is 5.69 Å². The van der Waals surface area contributed by atoms with Crippen molar-refractivity contribution in [2.75, 3.05) is 11.9 Å². The summed E-state index contributed by atoms with van der Waals surface area (Å²) in [5, 5.41) is 15.6. The van der Waals surface area contributed by atoms with Gasteiger partial charge in [-0.3, -0.25) is 9.89 Å². The summed E-state index contributed by atoms with van der Waals surface area (Å²) in [6, 6.07) is 6.47. The smallest absolute Gasteiger partial charge is 0.316 e. The first-order valence-corrected chi connectivity index (χ1v) is 7.34. The van der Waals surface area contributed by atoms with Crippen molar-refractivity contribution in [1.82, 2.24) is 20.8 Å². The van der Waals surface area contributed by atoms with Gasteiger partial charge in [-0.1, -0.05) is 12.1 Å². The third-order valence-corrected chi connectivity index (χ3v) is 3.70. The number of nitrogens with two attached hydrogens (primary N) is 1. The van der Waals surface area contributed by atoms with Gasteiger partial charge in [-0.2, -0.15) is 5.10 Å². The van der Waals surface area contributed by atoms with Gasteiger partial charge in [0.2, 0.25) is 0 Å². The average Bonchev–Trinajstić information content (AvgIpc) is 2.97. The van der Waals surface area contributed by atoms with Gasteiger partial charge in [-0.25, -0.2) is 4.79 Å². The number of amides is 3. The molecule has 0 atom stereocenters. The average molecular weight is 351 g/mol. The standard InChI is InChI=1S/C15H18N6O2.ClH/c16-15(23)19-10-3-1-9(2-4-10)7-18-14(22)13-11-8-17-6-5-12(11)20-21-13;/h1-4,17H,5-8H2,(H,18,22)(H,20,21)(H3,16,19,23);1H. The zero-order chi connectivity index (χ0) is 16.2. The van der Waals surface area contributed by atoms with E-state index in [0.29, 0.717) is 24.5 Å². The molecule has 2 heterocycles. The van der Waals surface area contributed by atoms with Crippen LogP contribution in [-0.2, 0) is 19.5 Å². The van der Waals surface area contributed by atoms with E-state index in [9.17, 15) is 9.59 Å². The van der Waals surface area contributed by atoms with Crippen molar-refractivity contribution in [2.45, 2.75) is 19.5 Å². The fourth-order valence-corrected chi connectivity index (χ4v) is 2.53. The number of aromatic nitrogens is 2. The first-order valence-electron chi connectivity index (χ1n) is 7.34.